The van der Waals surface area contributed by atoms with Crippen molar-refractivity contribution in [1.82, 2.24) is 18.8 Å². The van der Waals surface area contributed by atoms with Crippen molar-refractivity contribution in [3.63, 3.8) is 0 Å². The molecule has 10 heteroatoms. The first-order valence-electron chi connectivity index (χ1n) is 14.4. The largest absolute Gasteiger partial charge is 0.504 e. The molecule has 226 valence electrons. The number of methoxy groups -OCH3 is 2. The van der Waals surface area contributed by atoms with Gasteiger partial charge in [-0.1, -0.05) is 36.4 Å². The number of nitrogens with zero attached hydrogens (tertiary/aromatic N) is 6. The maximum absolute atomic E-state index is 10.1. The topological polar surface area (TPSA) is 118 Å². The highest BCUT2D eigenvalue weighted by Gasteiger charge is 2.16. The molecular weight excluding hydrogens is 580 g/mol. The fourth-order valence-electron chi connectivity index (χ4n) is 5.19. The van der Waals surface area contributed by atoms with Crippen molar-refractivity contribution in [1.29, 1.82) is 0 Å². The van der Waals surface area contributed by atoms with Crippen molar-refractivity contribution < 1.29 is 19.7 Å². The van der Waals surface area contributed by atoms with E-state index in [4.69, 9.17) is 29.4 Å². The van der Waals surface area contributed by atoms with Gasteiger partial charge in [0, 0.05) is 35.9 Å². The number of ether oxygens (including phenoxy) is 2. The Balaban J connectivity index is 1.19. The van der Waals surface area contributed by atoms with Crippen LogP contribution in [0.2, 0.25) is 0 Å². The number of fused-ring (bicyclic) bond motifs is 2. The van der Waals surface area contributed by atoms with Crippen LogP contribution in [0.1, 0.15) is 11.1 Å². The summed E-state index contributed by atoms with van der Waals surface area (Å²) in [5, 5.41) is 20.2. The zero-order valence-electron chi connectivity index (χ0n) is 24.9. The van der Waals surface area contributed by atoms with Crippen LogP contribution in [0.3, 0.4) is 0 Å². The third kappa shape index (κ3) is 5.28. The third-order valence-corrected chi connectivity index (χ3v) is 7.52. The highest BCUT2D eigenvalue weighted by molar-refractivity contribution is 5.89. The van der Waals surface area contributed by atoms with Crippen molar-refractivity contribution in [2.45, 2.75) is 0 Å². The van der Waals surface area contributed by atoms with Gasteiger partial charge in [-0.2, -0.15) is 0 Å². The maximum atomic E-state index is 10.1. The van der Waals surface area contributed by atoms with E-state index in [1.807, 2.05) is 81.9 Å². The molecule has 0 bridgehead atoms. The zero-order chi connectivity index (χ0) is 31.6. The predicted molar refractivity (Wildman–Crippen MR) is 179 cm³/mol. The van der Waals surface area contributed by atoms with E-state index in [0.717, 1.165) is 33.5 Å². The van der Waals surface area contributed by atoms with E-state index in [2.05, 4.69) is 0 Å². The minimum Gasteiger partial charge on any atom is -0.504 e. The molecule has 0 radical (unpaired) electrons. The van der Waals surface area contributed by atoms with Gasteiger partial charge in [-0.05, 0) is 71.8 Å². The molecule has 0 amide bonds. The molecule has 0 spiro atoms. The minimum absolute atomic E-state index is 0.0573. The van der Waals surface area contributed by atoms with Crippen molar-refractivity contribution in [3.05, 3.63) is 121 Å². The number of aromatic hydroxyl groups is 2. The van der Waals surface area contributed by atoms with Gasteiger partial charge in [-0.3, -0.25) is 8.80 Å². The van der Waals surface area contributed by atoms with Crippen molar-refractivity contribution in [2.24, 2.45) is 9.98 Å². The summed E-state index contributed by atoms with van der Waals surface area (Å²) in [4.78, 5) is 19.3. The summed E-state index contributed by atoms with van der Waals surface area (Å²) >= 11 is 0. The summed E-state index contributed by atoms with van der Waals surface area (Å²) in [6.45, 7) is 0. The minimum atomic E-state index is 0.0573. The van der Waals surface area contributed by atoms with Crippen molar-refractivity contribution >= 4 is 35.4 Å². The average molecular weight is 609 g/mol. The number of rotatable bonds is 8. The van der Waals surface area contributed by atoms with E-state index < -0.39 is 0 Å². The first-order chi connectivity index (χ1) is 22.5. The molecule has 0 aliphatic rings. The lowest BCUT2D eigenvalue weighted by molar-refractivity contribution is 0.373. The van der Waals surface area contributed by atoms with E-state index >= 15 is 0 Å². The number of pyridine rings is 2. The molecule has 0 saturated carbocycles. The SMILES string of the molecule is COc1cc(-c2nc3ccccn3c2/N=C/c2ccc(/C=N/c3c(-c4ccc(O)c(OC)c4)nc4ccccn34)cc2)ccc1O. The molecule has 0 aliphatic carbocycles. The summed E-state index contributed by atoms with van der Waals surface area (Å²) in [6.07, 6.45) is 7.41. The van der Waals surface area contributed by atoms with Crippen LogP contribution in [0.5, 0.6) is 23.0 Å². The highest BCUT2D eigenvalue weighted by atomic mass is 16.5. The molecule has 0 aliphatic heterocycles. The van der Waals surface area contributed by atoms with E-state index in [0.29, 0.717) is 34.5 Å². The Morgan fingerprint density at radius 1 is 0.587 bits per heavy atom. The van der Waals surface area contributed by atoms with Gasteiger partial charge in [-0.25, -0.2) is 20.0 Å². The molecule has 4 heterocycles. The number of phenols is 2. The van der Waals surface area contributed by atoms with Crippen LogP contribution < -0.4 is 9.47 Å². The van der Waals surface area contributed by atoms with Crippen molar-refractivity contribution in [2.75, 3.05) is 14.2 Å². The second kappa shape index (κ2) is 11.9. The summed E-state index contributed by atoms with van der Waals surface area (Å²) in [5.41, 5.74) is 6.16. The van der Waals surface area contributed by atoms with Crippen LogP contribution in [-0.4, -0.2) is 55.6 Å². The fourth-order valence-corrected chi connectivity index (χ4v) is 5.19. The van der Waals surface area contributed by atoms with Gasteiger partial charge in [-0.15, -0.1) is 0 Å². The number of aromatic nitrogens is 4. The Morgan fingerprint density at radius 3 is 1.43 bits per heavy atom. The van der Waals surface area contributed by atoms with Gasteiger partial charge in [0.1, 0.15) is 22.7 Å². The summed E-state index contributed by atoms with van der Waals surface area (Å²) in [6, 6.07) is 29.7. The second-order valence-corrected chi connectivity index (χ2v) is 10.4. The fraction of sp³-hybridized carbons (Fsp3) is 0.0556. The second-order valence-electron chi connectivity index (χ2n) is 10.4. The van der Waals surface area contributed by atoms with Crippen LogP contribution in [0.4, 0.5) is 11.6 Å². The van der Waals surface area contributed by atoms with Gasteiger partial charge in [0.2, 0.25) is 0 Å². The van der Waals surface area contributed by atoms with Crippen LogP contribution in [0.15, 0.2) is 119 Å². The smallest absolute Gasteiger partial charge is 0.165 e. The molecule has 0 atom stereocenters. The van der Waals surface area contributed by atoms with Gasteiger partial charge >= 0.3 is 0 Å². The molecule has 2 N–H and O–H groups in total. The predicted octanol–water partition coefficient (Wildman–Crippen LogP) is 7.25. The molecule has 10 nitrogen and oxygen atoms in total. The van der Waals surface area contributed by atoms with Crippen LogP contribution >= 0.6 is 0 Å². The lowest BCUT2D eigenvalue weighted by Crippen LogP contribution is -1.88. The first-order valence-corrected chi connectivity index (χ1v) is 14.4. The molecule has 0 fully saturated rings. The Labute approximate surface area is 263 Å². The Morgan fingerprint density at radius 2 is 1.02 bits per heavy atom. The van der Waals surface area contributed by atoms with E-state index in [-0.39, 0.29) is 11.5 Å². The molecule has 7 rings (SSSR count). The van der Waals surface area contributed by atoms with Crippen molar-refractivity contribution in [3.8, 4) is 45.5 Å². The number of hydrogen-bond donors (Lipinski definition) is 2. The zero-order valence-corrected chi connectivity index (χ0v) is 24.9. The molecule has 3 aromatic carbocycles. The average Bonchev–Trinajstić information content (AvgIpc) is 3.66. The quantitative estimate of drug-likeness (QED) is 0.176. The number of benzene rings is 3. The number of phenolic OH excluding ortho intramolecular Hbond substituents is 2. The normalized spacial score (nSPS) is 11.7. The number of imidazole rings is 2. The summed E-state index contributed by atoms with van der Waals surface area (Å²) in [5.74, 6) is 2.14. The molecule has 0 unspecified atom stereocenters. The first kappa shape index (κ1) is 28.4. The molecule has 0 saturated heterocycles. The Kier molecular flexibility index (Phi) is 7.35. The van der Waals surface area contributed by atoms with Gasteiger partial charge in [0.15, 0.2) is 34.6 Å². The molecule has 4 aromatic heterocycles. The van der Waals surface area contributed by atoms with E-state index in [9.17, 15) is 10.2 Å². The highest BCUT2D eigenvalue weighted by Crippen LogP contribution is 2.37. The number of aliphatic imine (C=N–C) groups is 2. The van der Waals surface area contributed by atoms with Gasteiger partial charge in [0.25, 0.3) is 0 Å². The Bertz CT molecular complexity index is 2110. The Hall–Kier alpha value is -6.42. The summed E-state index contributed by atoms with van der Waals surface area (Å²) in [7, 11) is 3.03. The van der Waals surface area contributed by atoms with Crippen LogP contribution in [0, 0.1) is 0 Å². The lowest BCUT2D eigenvalue weighted by atomic mass is 10.1. The third-order valence-electron chi connectivity index (χ3n) is 7.52. The monoisotopic (exact) mass is 608 g/mol. The van der Waals surface area contributed by atoms with E-state index in [1.165, 1.54) is 14.2 Å². The summed E-state index contributed by atoms with van der Waals surface area (Å²) < 4.78 is 14.5. The molecule has 7 aromatic rings. The van der Waals surface area contributed by atoms with Gasteiger partial charge < -0.3 is 19.7 Å². The lowest BCUT2D eigenvalue weighted by Gasteiger charge is -2.06. The molecular formula is C36H28N6O4. The number of hydrogen-bond acceptors (Lipinski definition) is 8. The van der Waals surface area contributed by atoms with E-state index in [1.54, 1.807) is 48.8 Å². The van der Waals surface area contributed by atoms with Crippen LogP contribution in [-0.2, 0) is 0 Å². The standard InChI is InChI=1S/C36H28N6O4/c1-45-29-19-25(13-15-27(29)43)33-35(41-17-5-3-7-31(41)39-33)37-21-23-9-11-24(12-10-23)22-38-36-34(40-32-8-4-6-18-42(32)36)26-14-16-28(44)30(20-26)46-2/h3-22,43-44H,1-2H3/b37-21+,38-22+. The van der Waals surface area contributed by atoms with Crippen LogP contribution in [0.25, 0.3) is 33.8 Å². The maximum Gasteiger partial charge on any atom is 0.165 e. The molecule has 46 heavy (non-hydrogen) atoms. The van der Waals surface area contributed by atoms with Gasteiger partial charge in [0.05, 0.1) is 14.2 Å².